The van der Waals surface area contributed by atoms with Crippen molar-refractivity contribution in [3.63, 3.8) is 0 Å². The van der Waals surface area contributed by atoms with Crippen molar-refractivity contribution in [3.05, 3.63) is 0 Å². The summed E-state index contributed by atoms with van der Waals surface area (Å²) >= 11 is 0. The fraction of sp³-hybridized carbons (Fsp3) is 0.833. The molecule has 0 aromatic rings. The Morgan fingerprint density at radius 1 is 1.60 bits per heavy atom. The van der Waals surface area contributed by atoms with Gasteiger partial charge in [-0.25, -0.2) is 4.79 Å². The van der Waals surface area contributed by atoms with Gasteiger partial charge in [-0.2, -0.15) is 0 Å². The average Bonchev–Trinajstić information content (AvgIpc) is 1.85. The van der Waals surface area contributed by atoms with Crippen molar-refractivity contribution >= 4 is 6.16 Å². The predicted molar refractivity (Wildman–Crippen MR) is 35.1 cm³/mol. The molecule has 4 nitrogen and oxygen atoms in total. The van der Waals surface area contributed by atoms with E-state index in [2.05, 4.69) is 4.74 Å². The lowest BCUT2D eigenvalue weighted by atomic mass is 10.2. The van der Waals surface area contributed by atoms with Crippen molar-refractivity contribution in [3.8, 4) is 0 Å². The van der Waals surface area contributed by atoms with Crippen molar-refractivity contribution in [2.75, 3.05) is 13.7 Å². The van der Waals surface area contributed by atoms with E-state index in [4.69, 9.17) is 9.84 Å². The van der Waals surface area contributed by atoms with Gasteiger partial charge in [0, 0.05) is 7.11 Å². The van der Waals surface area contributed by atoms with Crippen LogP contribution in [0.4, 0.5) is 4.79 Å². The zero-order valence-electron chi connectivity index (χ0n) is 6.38. The molecule has 0 saturated heterocycles. The molecule has 0 aliphatic rings. The molecule has 1 N–H and O–H groups in total. The Hall–Kier alpha value is -0.770. The monoisotopic (exact) mass is 148 g/mol. The lowest BCUT2D eigenvalue weighted by molar-refractivity contribution is -0.0388. The van der Waals surface area contributed by atoms with Crippen LogP contribution < -0.4 is 0 Å². The first-order valence-electron chi connectivity index (χ1n) is 2.89. The normalized spacial score (nSPS) is 11.1. The Morgan fingerprint density at radius 2 is 2.10 bits per heavy atom. The lowest BCUT2D eigenvalue weighted by Crippen LogP contribution is -2.30. The molecule has 0 aromatic carbocycles. The van der Waals surface area contributed by atoms with Crippen LogP contribution in [0.3, 0.4) is 0 Å². The minimum absolute atomic E-state index is 0.0544. The zero-order valence-corrected chi connectivity index (χ0v) is 6.38. The van der Waals surface area contributed by atoms with Gasteiger partial charge in [-0.15, -0.1) is 0 Å². The van der Waals surface area contributed by atoms with E-state index in [-0.39, 0.29) is 6.61 Å². The molecule has 60 valence electrons. The second-order valence-electron chi connectivity index (χ2n) is 2.52. The van der Waals surface area contributed by atoms with E-state index in [1.165, 1.54) is 7.11 Å². The Morgan fingerprint density at radius 3 is 2.40 bits per heavy atom. The second kappa shape index (κ2) is 3.41. The highest BCUT2D eigenvalue weighted by atomic mass is 16.7. The number of carbonyl (C=O) groups is 1. The zero-order chi connectivity index (χ0) is 8.20. The van der Waals surface area contributed by atoms with Crippen molar-refractivity contribution in [2.45, 2.75) is 19.4 Å². The number of methoxy groups -OCH3 is 1. The molecule has 0 unspecified atom stereocenters. The van der Waals surface area contributed by atoms with Crippen LogP contribution >= 0.6 is 0 Å². The molecule has 0 aliphatic heterocycles. The van der Waals surface area contributed by atoms with Crippen LogP contribution in [0.5, 0.6) is 0 Å². The van der Waals surface area contributed by atoms with Crippen LogP contribution in [-0.4, -0.2) is 30.6 Å². The van der Waals surface area contributed by atoms with Gasteiger partial charge in [0.05, 0.1) is 5.60 Å². The highest BCUT2D eigenvalue weighted by Crippen LogP contribution is 2.06. The Bertz CT molecular complexity index is 119. The van der Waals surface area contributed by atoms with Crippen LogP contribution in [0.2, 0.25) is 0 Å². The summed E-state index contributed by atoms with van der Waals surface area (Å²) in [5.41, 5.74) is -0.529. The summed E-state index contributed by atoms with van der Waals surface area (Å²) in [4.78, 5) is 9.88. The summed E-state index contributed by atoms with van der Waals surface area (Å²) in [6.45, 7) is 3.55. The van der Waals surface area contributed by atoms with E-state index < -0.39 is 11.8 Å². The van der Waals surface area contributed by atoms with Gasteiger partial charge in [0.1, 0.15) is 6.61 Å². The van der Waals surface area contributed by atoms with E-state index in [0.29, 0.717) is 0 Å². The van der Waals surface area contributed by atoms with Crippen molar-refractivity contribution in [1.29, 1.82) is 0 Å². The minimum atomic E-state index is -1.27. The molecule has 0 heterocycles. The Balaban J connectivity index is 3.56. The van der Waals surface area contributed by atoms with Crippen molar-refractivity contribution in [2.24, 2.45) is 0 Å². The molecule has 0 bridgehead atoms. The molecule has 4 heteroatoms. The maximum atomic E-state index is 9.88. The van der Waals surface area contributed by atoms with Gasteiger partial charge >= 0.3 is 6.16 Å². The number of hydrogen-bond donors (Lipinski definition) is 1. The first kappa shape index (κ1) is 9.23. The van der Waals surface area contributed by atoms with Crippen LogP contribution in [0, 0.1) is 0 Å². The molecule has 0 spiro atoms. The molecule has 0 saturated carbocycles. The predicted octanol–water partition coefficient (Wildman–Crippen LogP) is 1.11. The van der Waals surface area contributed by atoms with E-state index in [1.54, 1.807) is 13.8 Å². The van der Waals surface area contributed by atoms with E-state index in [9.17, 15) is 4.79 Å². The fourth-order valence-electron chi connectivity index (χ4n) is 0.294. The topological polar surface area (TPSA) is 55.8 Å². The van der Waals surface area contributed by atoms with E-state index in [0.717, 1.165) is 0 Å². The maximum absolute atomic E-state index is 9.88. The quantitative estimate of drug-likeness (QED) is 0.609. The largest absolute Gasteiger partial charge is 0.505 e. The van der Waals surface area contributed by atoms with Gasteiger partial charge in [-0.05, 0) is 13.8 Å². The molecule has 0 aromatic heterocycles. The molecular formula is C6H12O4. The minimum Gasteiger partial charge on any atom is -0.450 e. The summed E-state index contributed by atoms with van der Waals surface area (Å²) in [6.07, 6.45) is -1.27. The summed E-state index contributed by atoms with van der Waals surface area (Å²) in [7, 11) is 1.51. The summed E-state index contributed by atoms with van der Waals surface area (Å²) in [6, 6.07) is 0. The van der Waals surface area contributed by atoms with Gasteiger partial charge in [-0.1, -0.05) is 0 Å². The van der Waals surface area contributed by atoms with Crippen LogP contribution in [0.25, 0.3) is 0 Å². The summed E-state index contributed by atoms with van der Waals surface area (Å²) in [5.74, 6) is 0. The third kappa shape index (κ3) is 4.14. The highest BCUT2D eigenvalue weighted by Gasteiger charge is 2.18. The molecule has 0 amide bonds. The van der Waals surface area contributed by atoms with Crippen molar-refractivity contribution < 1.29 is 19.4 Å². The van der Waals surface area contributed by atoms with Gasteiger partial charge in [-0.3, -0.25) is 0 Å². The standard InChI is InChI=1S/C6H12O4/c1-6(2,9-3)4-10-5(7)8/h4H2,1-3H3,(H,7,8). The van der Waals surface area contributed by atoms with E-state index >= 15 is 0 Å². The lowest BCUT2D eigenvalue weighted by Gasteiger charge is -2.20. The first-order valence-corrected chi connectivity index (χ1v) is 2.89. The number of carboxylic acid groups (broad SMARTS) is 1. The molecule has 0 fully saturated rings. The molecule has 0 radical (unpaired) electrons. The summed E-state index contributed by atoms with van der Waals surface area (Å²) < 4.78 is 9.19. The first-order chi connectivity index (χ1) is 4.48. The van der Waals surface area contributed by atoms with Gasteiger partial charge in [0.2, 0.25) is 0 Å². The van der Waals surface area contributed by atoms with Gasteiger partial charge < -0.3 is 14.6 Å². The Labute approximate surface area is 59.7 Å². The smallest absolute Gasteiger partial charge is 0.450 e. The third-order valence-electron chi connectivity index (χ3n) is 1.10. The molecule has 10 heavy (non-hydrogen) atoms. The summed E-state index contributed by atoms with van der Waals surface area (Å²) in [5, 5.41) is 8.09. The molecule has 0 rings (SSSR count). The van der Waals surface area contributed by atoms with Crippen LogP contribution in [0.1, 0.15) is 13.8 Å². The molecule has 0 atom stereocenters. The maximum Gasteiger partial charge on any atom is 0.505 e. The third-order valence-corrected chi connectivity index (χ3v) is 1.10. The average molecular weight is 148 g/mol. The Kier molecular flexibility index (Phi) is 3.15. The second-order valence-corrected chi connectivity index (χ2v) is 2.52. The SMILES string of the molecule is COC(C)(C)COC(=O)O. The highest BCUT2D eigenvalue weighted by molar-refractivity contribution is 5.56. The van der Waals surface area contributed by atoms with Crippen molar-refractivity contribution in [1.82, 2.24) is 0 Å². The number of rotatable bonds is 3. The number of ether oxygens (including phenoxy) is 2. The van der Waals surface area contributed by atoms with Gasteiger partial charge in [0.25, 0.3) is 0 Å². The number of hydrogen-bond acceptors (Lipinski definition) is 3. The van der Waals surface area contributed by atoms with Crippen LogP contribution in [-0.2, 0) is 9.47 Å². The fourth-order valence-corrected chi connectivity index (χ4v) is 0.294. The van der Waals surface area contributed by atoms with Crippen LogP contribution in [0.15, 0.2) is 0 Å². The van der Waals surface area contributed by atoms with Gasteiger partial charge in [0.15, 0.2) is 0 Å². The molecule has 0 aliphatic carbocycles. The van der Waals surface area contributed by atoms with E-state index in [1.807, 2.05) is 0 Å². The molecular weight excluding hydrogens is 136 g/mol.